The summed E-state index contributed by atoms with van der Waals surface area (Å²) in [7, 11) is 0. The van der Waals surface area contributed by atoms with Crippen LogP contribution in [0.5, 0.6) is 0 Å². The van der Waals surface area contributed by atoms with Crippen LogP contribution in [-0.2, 0) is 18.1 Å². The molecule has 0 heterocycles. The molecule has 41 heavy (non-hydrogen) atoms. The van der Waals surface area contributed by atoms with Crippen molar-refractivity contribution in [2.24, 2.45) is 0 Å². The first-order valence-electron chi connectivity index (χ1n) is 10.0. The van der Waals surface area contributed by atoms with Crippen LogP contribution in [0.15, 0.2) is 12.1 Å². The largest absolute Gasteiger partial charge is 0.228 e. The lowest BCUT2D eigenvalue weighted by molar-refractivity contribution is 0.0784. The predicted molar refractivity (Wildman–Crippen MR) is 189 cm³/mol. The highest BCUT2D eigenvalue weighted by atomic mass is 35.6. The van der Waals surface area contributed by atoms with E-state index in [4.69, 9.17) is 244 Å². The van der Waals surface area contributed by atoms with Crippen molar-refractivity contribution in [3.63, 3.8) is 0 Å². The highest BCUT2D eigenvalue weighted by molar-refractivity contribution is 6.80. The molecule has 1 rings (SSSR count). The Labute approximate surface area is 341 Å². The normalized spacial score (nSPS) is 16.3. The topological polar surface area (TPSA) is 19.9 Å². The van der Waals surface area contributed by atoms with E-state index in [1.807, 2.05) is 0 Å². The number of halogens is 21. The van der Waals surface area contributed by atoms with Crippen molar-refractivity contribution in [1.29, 1.82) is 0 Å². The lowest BCUT2D eigenvalue weighted by Gasteiger charge is -2.44. The minimum atomic E-state index is -2.76. The lowest BCUT2D eigenvalue weighted by atomic mass is 9.85. The molecule has 1 aromatic rings. The summed E-state index contributed by atoms with van der Waals surface area (Å²) >= 11 is 132. The third-order valence-corrected chi connectivity index (χ3v) is 17.1. The van der Waals surface area contributed by atoms with Gasteiger partial charge in [-0.3, -0.25) is 0 Å². The zero-order valence-electron chi connectivity index (χ0n) is 19.0. The van der Waals surface area contributed by atoms with Gasteiger partial charge in [0.2, 0.25) is 24.4 Å². The first kappa shape index (κ1) is 44.3. The quantitative estimate of drug-likeness (QED) is 0.220. The molecule has 0 aromatic heterocycles. The first-order valence-corrected chi connectivity index (χ1v) is 18.0. The van der Waals surface area contributed by atoms with E-state index in [1.54, 1.807) is 6.92 Å². The van der Waals surface area contributed by atoms with Gasteiger partial charge >= 0.3 is 0 Å². The third-order valence-electron chi connectivity index (χ3n) is 5.34. The van der Waals surface area contributed by atoms with Gasteiger partial charge in [-0.15, -0.1) is 0 Å². The van der Waals surface area contributed by atoms with E-state index in [2.05, 4.69) is 0 Å². The second kappa shape index (κ2) is 14.5. The van der Waals surface area contributed by atoms with Crippen molar-refractivity contribution >= 4 is 244 Å². The van der Waals surface area contributed by atoms with Crippen molar-refractivity contribution < 1.29 is 5.11 Å². The van der Waals surface area contributed by atoms with Gasteiger partial charge in [0, 0.05) is 0 Å². The van der Waals surface area contributed by atoms with Gasteiger partial charge in [-0.05, 0) is 40.8 Å². The molecule has 239 valence electrons. The third kappa shape index (κ3) is 8.43. The SMILES string of the molecule is CCCC([O])c1c(C(Cl)(Cl)C(Cl)(Cl)C(Cl)(Cl)Cl)cc(C(Cl)(Cl)C(Cl)(Cl)C(Cl)(Cl)Cl)cc1C(Cl)(Cl)C(Cl)(Cl)C(Cl)(Cl)Cl. The van der Waals surface area contributed by atoms with E-state index in [1.165, 1.54) is 0 Å². The van der Waals surface area contributed by atoms with Crippen molar-refractivity contribution in [1.82, 2.24) is 0 Å². The number of alkyl halides is 21. The van der Waals surface area contributed by atoms with Gasteiger partial charge in [0.05, 0.1) is 0 Å². The van der Waals surface area contributed by atoms with Crippen LogP contribution < -0.4 is 0 Å². The van der Waals surface area contributed by atoms with Crippen LogP contribution in [0.3, 0.4) is 0 Å². The van der Waals surface area contributed by atoms with E-state index < -0.39 is 65.7 Å². The summed E-state index contributed by atoms with van der Waals surface area (Å²) in [5.41, 5.74) is -1.99. The van der Waals surface area contributed by atoms with Crippen LogP contribution >= 0.6 is 244 Å². The Balaban J connectivity index is 4.64. The lowest BCUT2D eigenvalue weighted by Crippen LogP contribution is -2.49. The zero-order chi connectivity index (χ0) is 33.2. The molecule has 0 N–H and O–H groups in total. The molecule has 0 fully saturated rings. The monoisotopic (exact) mass is 988 g/mol. The maximum Gasteiger partial charge on any atom is 0.226 e. The highest BCUT2D eigenvalue weighted by Gasteiger charge is 2.66. The van der Waals surface area contributed by atoms with Crippen LogP contribution in [0, 0.1) is 0 Å². The minimum absolute atomic E-state index is 0.125. The van der Waals surface area contributed by atoms with E-state index in [-0.39, 0.29) is 12.8 Å². The van der Waals surface area contributed by atoms with Gasteiger partial charge in [-0.25, -0.2) is 5.11 Å². The highest BCUT2D eigenvalue weighted by Crippen LogP contribution is 2.67. The second-order valence-corrected chi connectivity index (χ2v) is 23.0. The molecule has 1 nitrogen and oxygen atoms in total. The van der Waals surface area contributed by atoms with Crippen LogP contribution in [0.2, 0.25) is 0 Å². The molecule has 0 bridgehead atoms. The van der Waals surface area contributed by atoms with E-state index in [0.717, 1.165) is 12.1 Å². The summed E-state index contributed by atoms with van der Waals surface area (Å²) in [4.78, 5) is 0. The Hall–Kier alpha value is 5.27. The van der Waals surface area contributed by atoms with Gasteiger partial charge in [0.15, 0.2) is 13.0 Å². The molecule has 0 saturated carbocycles. The summed E-state index contributed by atoms with van der Waals surface area (Å²) in [5, 5.41) is 13.7. The number of hydrogen-bond donors (Lipinski definition) is 0. The molecule has 1 atom stereocenters. The Kier molecular flexibility index (Phi) is 15.6. The molecule has 0 aliphatic rings. The van der Waals surface area contributed by atoms with Gasteiger partial charge in [0.25, 0.3) is 0 Å². The number of hydrogen-bond acceptors (Lipinski definition) is 0. The van der Waals surface area contributed by atoms with Gasteiger partial charge in [-0.2, -0.15) is 0 Å². The summed E-state index contributed by atoms with van der Waals surface area (Å²) in [6.07, 6.45) is -1.65. The fourth-order valence-electron chi connectivity index (χ4n) is 3.16. The van der Waals surface area contributed by atoms with E-state index >= 15 is 0 Å². The molecule has 1 aromatic carbocycles. The smallest absolute Gasteiger partial charge is 0.226 e. The Morgan fingerprint density at radius 2 is 0.780 bits per heavy atom. The standard InChI is InChI=1S/C19H10Cl21O/c1-2-3-9(41)10-7(12(22,23)15(28,29)18(35,36)37)4-6(11(20,21)14(26,27)17(32,33)34)5-8(10)13(24,25)16(30,31)19(38,39)40/h4-5,9H,2-3H2,1H3. The average molecular weight is 999 g/mol. The second-order valence-electron chi connectivity index (χ2n) is 8.20. The van der Waals surface area contributed by atoms with Crippen molar-refractivity contribution in [3.8, 4) is 0 Å². The maximum atomic E-state index is 13.7. The van der Waals surface area contributed by atoms with Crippen molar-refractivity contribution in [2.45, 2.75) is 63.2 Å². The van der Waals surface area contributed by atoms with E-state index in [0.29, 0.717) is 0 Å². The van der Waals surface area contributed by atoms with Crippen molar-refractivity contribution in [3.05, 3.63) is 34.4 Å². The van der Waals surface area contributed by atoms with Crippen molar-refractivity contribution in [2.75, 3.05) is 0 Å². The molecule has 0 amide bonds. The summed E-state index contributed by atoms with van der Waals surface area (Å²) in [5.74, 6) is 0. The van der Waals surface area contributed by atoms with Crippen LogP contribution in [0.1, 0.15) is 48.1 Å². The fraction of sp³-hybridized carbons (Fsp3) is 0.684. The minimum Gasteiger partial charge on any atom is -0.228 e. The molecule has 0 spiro atoms. The molecule has 0 saturated heterocycles. The summed E-state index contributed by atoms with van der Waals surface area (Å²) in [6, 6.07) is 1.93. The molecule has 0 aliphatic heterocycles. The van der Waals surface area contributed by atoms with Crippen LogP contribution in [0.25, 0.3) is 0 Å². The zero-order valence-corrected chi connectivity index (χ0v) is 34.9. The molecule has 1 radical (unpaired) electrons. The van der Waals surface area contributed by atoms with Crippen LogP contribution in [0.4, 0.5) is 0 Å². The average Bonchev–Trinajstić information content (AvgIpc) is 2.75. The maximum absolute atomic E-state index is 13.7. The Morgan fingerprint density at radius 3 is 1.02 bits per heavy atom. The number of rotatable bonds is 9. The summed E-state index contributed by atoms with van der Waals surface area (Å²) in [6.45, 7) is 1.67. The molecular formula is C19H10Cl21O. The molecular weight excluding hydrogens is 989 g/mol. The molecule has 22 heteroatoms. The number of benzene rings is 1. The van der Waals surface area contributed by atoms with Gasteiger partial charge < -0.3 is 0 Å². The fourth-order valence-corrected chi connectivity index (χ4v) is 7.63. The Morgan fingerprint density at radius 1 is 0.512 bits per heavy atom. The van der Waals surface area contributed by atoms with Gasteiger partial charge in [-0.1, -0.05) is 257 Å². The van der Waals surface area contributed by atoms with Crippen LogP contribution in [-0.4, -0.2) is 24.4 Å². The summed E-state index contributed by atoms with van der Waals surface area (Å²) < 4.78 is -24.2. The first-order chi connectivity index (χ1) is 17.7. The molecule has 0 aliphatic carbocycles. The molecule has 1 unspecified atom stereocenters. The predicted octanol–water partition coefficient (Wildman–Crippen LogP) is 15.5. The van der Waals surface area contributed by atoms with Gasteiger partial charge in [0.1, 0.15) is 6.10 Å². The Bertz CT molecular complexity index is 1030. The van der Waals surface area contributed by atoms with E-state index in [9.17, 15) is 5.11 Å².